The van der Waals surface area contributed by atoms with Crippen molar-refractivity contribution in [1.82, 2.24) is 19.1 Å². The maximum Gasteiger partial charge on any atom is 0.329 e. The molecule has 2 heterocycles. The molecule has 126 valence electrons. The number of aryl methyl sites for hydroxylation is 1. The average Bonchev–Trinajstić information content (AvgIpc) is 2.90. The standard InChI is InChI=1S/C16H19N5O3/c1-10(22)9-21-12-13(20(2)16(24)19-14(12)23)18-15(21)17-8-11-6-4-3-5-7-11/h3-7,10,22H,8-9H2,1-2H3,(H,17,18)(H,19,23,24)/t10-/m0/s1. The smallest absolute Gasteiger partial charge is 0.329 e. The van der Waals surface area contributed by atoms with Gasteiger partial charge in [0.05, 0.1) is 12.6 Å². The number of aromatic nitrogens is 4. The van der Waals surface area contributed by atoms with E-state index in [0.717, 1.165) is 5.56 Å². The maximum atomic E-state index is 12.2. The molecule has 0 fully saturated rings. The van der Waals surface area contributed by atoms with Gasteiger partial charge < -0.3 is 15.0 Å². The molecule has 0 aliphatic carbocycles. The van der Waals surface area contributed by atoms with E-state index >= 15 is 0 Å². The lowest BCUT2D eigenvalue weighted by molar-refractivity contribution is 0.175. The lowest BCUT2D eigenvalue weighted by atomic mass is 10.2. The quantitative estimate of drug-likeness (QED) is 0.629. The van der Waals surface area contributed by atoms with Crippen LogP contribution in [-0.4, -0.2) is 30.3 Å². The minimum Gasteiger partial charge on any atom is -0.392 e. The first-order chi connectivity index (χ1) is 11.5. The second kappa shape index (κ2) is 6.32. The number of fused-ring (bicyclic) bond motifs is 1. The van der Waals surface area contributed by atoms with Crippen molar-refractivity contribution in [1.29, 1.82) is 0 Å². The molecule has 0 spiro atoms. The Morgan fingerprint density at radius 3 is 2.67 bits per heavy atom. The van der Waals surface area contributed by atoms with Crippen LogP contribution >= 0.6 is 0 Å². The van der Waals surface area contributed by atoms with Gasteiger partial charge in [0.1, 0.15) is 0 Å². The summed E-state index contributed by atoms with van der Waals surface area (Å²) >= 11 is 0. The highest BCUT2D eigenvalue weighted by Gasteiger charge is 2.18. The fourth-order valence-electron chi connectivity index (χ4n) is 2.59. The molecule has 0 saturated carbocycles. The lowest BCUT2D eigenvalue weighted by Crippen LogP contribution is -2.29. The summed E-state index contributed by atoms with van der Waals surface area (Å²) in [6, 6.07) is 9.74. The summed E-state index contributed by atoms with van der Waals surface area (Å²) in [6.07, 6.45) is -0.670. The van der Waals surface area contributed by atoms with E-state index in [0.29, 0.717) is 12.5 Å². The van der Waals surface area contributed by atoms with Crippen LogP contribution in [0.2, 0.25) is 0 Å². The average molecular weight is 329 g/mol. The molecule has 0 aliphatic heterocycles. The van der Waals surface area contributed by atoms with Gasteiger partial charge in [-0.05, 0) is 12.5 Å². The number of hydrogen-bond donors (Lipinski definition) is 3. The Bertz CT molecular complexity index is 969. The van der Waals surface area contributed by atoms with Crippen molar-refractivity contribution in [2.45, 2.75) is 26.1 Å². The normalized spacial score (nSPS) is 12.5. The van der Waals surface area contributed by atoms with Crippen molar-refractivity contribution >= 4 is 17.1 Å². The number of imidazole rings is 1. The van der Waals surface area contributed by atoms with Crippen molar-refractivity contribution in [3.8, 4) is 0 Å². The van der Waals surface area contributed by atoms with Crippen LogP contribution in [0.1, 0.15) is 12.5 Å². The fraction of sp³-hybridized carbons (Fsp3) is 0.312. The SMILES string of the molecule is C[C@H](O)Cn1c(NCc2ccccc2)nc2c1c(=O)[nH]c(=O)n2C. The molecule has 0 bridgehead atoms. The molecule has 24 heavy (non-hydrogen) atoms. The van der Waals surface area contributed by atoms with Crippen LogP contribution in [0.15, 0.2) is 39.9 Å². The van der Waals surface area contributed by atoms with Crippen molar-refractivity contribution in [3.05, 3.63) is 56.7 Å². The first kappa shape index (κ1) is 16.0. The number of aliphatic hydroxyl groups is 1. The Hall–Kier alpha value is -2.87. The molecule has 0 aliphatic rings. The number of hydrogen-bond acceptors (Lipinski definition) is 5. The van der Waals surface area contributed by atoms with Gasteiger partial charge in [-0.2, -0.15) is 4.98 Å². The number of rotatable bonds is 5. The predicted octanol–water partition coefficient (Wildman–Crippen LogP) is 0.416. The molecule has 1 atom stereocenters. The molecule has 3 rings (SSSR count). The second-order valence-corrected chi connectivity index (χ2v) is 5.72. The van der Waals surface area contributed by atoms with Crippen LogP contribution in [0.4, 0.5) is 5.95 Å². The molecule has 0 amide bonds. The molecule has 0 unspecified atom stereocenters. The van der Waals surface area contributed by atoms with E-state index < -0.39 is 17.4 Å². The van der Waals surface area contributed by atoms with Gasteiger partial charge in [-0.1, -0.05) is 30.3 Å². The molecule has 2 aromatic heterocycles. The molecule has 3 aromatic rings. The minimum absolute atomic E-state index is 0.189. The summed E-state index contributed by atoms with van der Waals surface area (Å²) in [6.45, 7) is 2.33. The molecule has 1 aromatic carbocycles. The number of benzene rings is 1. The zero-order valence-electron chi connectivity index (χ0n) is 13.5. The Kier molecular flexibility index (Phi) is 4.22. The Morgan fingerprint density at radius 2 is 2.00 bits per heavy atom. The van der Waals surface area contributed by atoms with Crippen LogP contribution in [0, 0.1) is 0 Å². The van der Waals surface area contributed by atoms with E-state index in [-0.39, 0.29) is 17.7 Å². The van der Waals surface area contributed by atoms with Gasteiger partial charge in [0.2, 0.25) is 5.95 Å². The van der Waals surface area contributed by atoms with Crippen molar-refractivity contribution in [2.75, 3.05) is 5.32 Å². The third kappa shape index (κ3) is 2.95. The Labute approximate surface area is 137 Å². The highest BCUT2D eigenvalue weighted by Crippen LogP contribution is 2.17. The third-order valence-corrected chi connectivity index (χ3v) is 3.75. The number of H-pyrrole nitrogens is 1. The van der Waals surface area contributed by atoms with Crippen LogP contribution in [0.5, 0.6) is 0 Å². The van der Waals surface area contributed by atoms with Gasteiger partial charge in [-0.3, -0.25) is 14.3 Å². The first-order valence-electron chi connectivity index (χ1n) is 7.62. The van der Waals surface area contributed by atoms with Crippen molar-refractivity contribution < 1.29 is 5.11 Å². The number of aromatic amines is 1. The van der Waals surface area contributed by atoms with E-state index in [4.69, 9.17) is 0 Å². The molecule has 0 saturated heterocycles. The summed E-state index contributed by atoms with van der Waals surface area (Å²) in [5.74, 6) is 0.432. The predicted molar refractivity (Wildman–Crippen MR) is 91.0 cm³/mol. The number of aliphatic hydroxyl groups excluding tert-OH is 1. The lowest BCUT2D eigenvalue weighted by Gasteiger charge is -2.12. The first-order valence-corrected chi connectivity index (χ1v) is 7.62. The number of anilines is 1. The van der Waals surface area contributed by atoms with Gasteiger partial charge in [0.25, 0.3) is 5.56 Å². The molecular weight excluding hydrogens is 310 g/mol. The van der Waals surface area contributed by atoms with Gasteiger partial charge in [0.15, 0.2) is 11.2 Å². The summed E-state index contributed by atoms with van der Waals surface area (Å²) in [7, 11) is 1.54. The van der Waals surface area contributed by atoms with Gasteiger partial charge >= 0.3 is 5.69 Å². The topological polar surface area (TPSA) is 105 Å². The van der Waals surface area contributed by atoms with Gasteiger partial charge in [-0.25, -0.2) is 4.79 Å². The zero-order chi connectivity index (χ0) is 17.3. The fourth-order valence-corrected chi connectivity index (χ4v) is 2.59. The van der Waals surface area contributed by atoms with E-state index in [2.05, 4.69) is 15.3 Å². The second-order valence-electron chi connectivity index (χ2n) is 5.72. The summed E-state index contributed by atoms with van der Waals surface area (Å²) in [5.41, 5.74) is 0.544. The summed E-state index contributed by atoms with van der Waals surface area (Å²) < 4.78 is 2.88. The van der Waals surface area contributed by atoms with Crippen LogP contribution in [0.3, 0.4) is 0 Å². The van der Waals surface area contributed by atoms with E-state index in [1.54, 1.807) is 18.5 Å². The molecule has 0 radical (unpaired) electrons. The Balaban J connectivity index is 2.09. The van der Waals surface area contributed by atoms with Gasteiger partial charge in [0, 0.05) is 13.6 Å². The molecule has 3 N–H and O–H groups in total. The van der Waals surface area contributed by atoms with E-state index in [1.165, 1.54) is 4.57 Å². The molecular formula is C16H19N5O3. The van der Waals surface area contributed by atoms with Crippen molar-refractivity contribution in [2.24, 2.45) is 7.05 Å². The zero-order valence-corrected chi connectivity index (χ0v) is 13.5. The summed E-state index contributed by atoms with van der Waals surface area (Å²) in [4.78, 5) is 30.6. The van der Waals surface area contributed by atoms with E-state index in [1.807, 2.05) is 30.3 Å². The molecule has 8 heteroatoms. The highest BCUT2D eigenvalue weighted by molar-refractivity contribution is 5.74. The number of nitrogens with zero attached hydrogens (tertiary/aromatic N) is 3. The highest BCUT2D eigenvalue weighted by atomic mass is 16.3. The van der Waals surface area contributed by atoms with Crippen LogP contribution in [-0.2, 0) is 20.1 Å². The Morgan fingerprint density at radius 1 is 1.29 bits per heavy atom. The summed E-state index contributed by atoms with van der Waals surface area (Å²) in [5, 5.41) is 12.9. The molecule has 8 nitrogen and oxygen atoms in total. The third-order valence-electron chi connectivity index (χ3n) is 3.75. The monoisotopic (exact) mass is 329 g/mol. The minimum atomic E-state index is -0.670. The maximum absolute atomic E-state index is 12.2. The van der Waals surface area contributed by atoms with E-state index in [9.17, 15) is 14.7 Å². The van der Waals surface area contributed by atoms with Crippen molar-refractivity contribution in [3.63, 3.8) is 0 Å². The largest absolute Gasteiger partial charge is 0.392 e. The van der Waals surface area contributed by atoms with Crippen LogP contribution in [0.25, 0.3) is 11.2 Å². The van der Waals surface area contributed by atoms with Gasteiger partial charge in [-0.15, -0.1) is 0 Å². The number of nitrogens with one attached hydrogen (secondary N) is 2. The van der Waals surface area contributed by atoms with Crippen LogP contribution < -0.4 is 16.6 Å².